The van der Waals surface area contributed by atoms with Crippen LogP contribution in [0.1, 0.15) is 19.4 Å². The Morgan fingerprint density at radius 1 is 1.06 bits per heavy atom. The molecule has 0 unspecified atom stereocenters. The molecule has 0 spiro atoms. The van der Waals surface area contributed by atoms with Crippen molar-refractivity contribution in [3.8, 4) is 5.75 Å². The van der Waals surface area contributed by atoms with Crippen molar-refractivity contribution < 1.29 is 14.3 Å². The topological polar surface area (TPSA) is 73.9 Å². The van der Waals surface area contributed by atoms with Crippen LogP contribution in [0.5, 0.6) is 5.75 Å². The average molecular weight is 455 g/mol. The molecule has 0 atom stereocenters. The zero-order chi connectivity index (χ0) is 23.1. The van der Waals surface area contributed by atoms with Gasteiger partial charge in [0.25, 0.3) is 5.91 Å². The van der Waals surface area contributed by atoms with Gasteiger partial charge in [0.2, 0.25) is 5.91 Å². The zero-order valence-electron chi connectivity index (χ0n) is 18.8. The molecule has 2 aromatic carbocycles. The van der Waals surface area contributed by atoms with Crippen LogP contribution in [0.3, 0.4) is 0 Å². The molecule has 1 saturated heterocycles. The lowest BCUT2D eigenvalue weighted by atomic mass is 10.1. The van der Waals surface area contributed by atoms with Gasteiger partial charge in [-0.05, 0) is 61.1 Å². The minimum atomic E-state index is -0.325. The molecule has 8 heteroatoms. The van der Waals surface area contributed by atoms with Crippen molar-refractivity contribution in [3.63, 3.8) is 0 Å². The summed E-state index contributed by atoms with van der Waals surface area (Å²) in [6.45, 7) is 8.80. The van der Waals surface area contributed by atoms with E-state index in [1.807, 2.05) is 68.1 Å². The van der Waals surface area contributed by atoms with Gasteiger partial charge in [0.1, 0.15) is 5.75 Å². The molecular formula is C24H30N4O3S. The summed E-state index contributed by atoms with van der Waals surface area (Å²) in [7, 11) is 0. The average Bonchev–Trinajstić information content (AvgIpc) is 2.78. The van der Waals surface area contributed by atoms with Crippen LogP contribution in [0.15, 0.2) is 48.5 Å². The van der Waals surface area contributed by atoms with Gasteiger partial charge in [-0.1, -0.05) is 26.0 Å². The highest BCUT2D eigenvalue weighted by Crippen LogP contribution is 2.20. The predicted octanol–water partition coefficient (Wildman–Crippen LogP) is 3.19. The lowest BCUT2D eigenvalue weighted by Gasteiger charge is -2.37. The Bertz CT molecular complexity index is 954. The van der Waals surface area contributed by atoms with E-state index in [1.54, 1.807) is 6.07 Å². The Balaban J connectivity index is 1.43. The van der Waals surface area contributed by atoms with Gasteiger partial charge in [-0.3, -0.25) is 14.9 Å². The molecule has 1 heterocycles. The number of anilines is 2. The van der Waals surface area contributed by atoms with Crippen LogP contribution in [0.25, 0.3) is 0 Å². The summed E-state index contributed by atoms with van der Waals surface area (Å²) >= 11 is 5.23. The Kier molecular flexibility index (Phi) is 8.05. The first-order valence-corrected chi connectivity index (χ1v) is 11.2. The fourth-order valence-electron chi connectivity index (χ4n) is 3.48. The molecule has 1 aliphatic rings. The van der Waals surface area contributed by atoms with E-state index >= 15 is 0 Å². The van der Waals surface area contributed by atoms with Gasteiger partial charge in [-0.25, -0.2) is 0 Å². The summed E-state index contributed by atoms with van der Waals surface area (Å²) < 4.78 is 5.49. The van der Waals surface area contributed by atoms with Crippen molar-refractivity contribution in [2.24, 2.45) is 5.92 Å². The molecule has 0 bridgehead atoms. The van der Waals surface area contributed by atoms with Gasteiger partial charge in [0.05, 0.1) is 0 Å². The van der Waals surface area contributed by atoms with Gasteiger partial charge in [-0.15, -0.1) is 0 Å². The molecule has 0 aliphatic carbocycles. The Labute approximate surface area is 194 Å². The number of piperazine rings is 1. The molecule has 2 N–H and O–H groups in total. The molecule has 0 saturated carbocycles. The largest absolute Gasteiger partial charge is 0.484 e. The highest BCUT2D eigenvalue weighted by Gasteiger charge is 2.22. The SMILES string of the molecule is Cc1cccc(OCC(=O)NC(=S)Nc2ccc(N3CCN(C(=O)C(C)C)CC3)cc2)c1. The van der Waals surface area contributed by atoms with E-state index in [9.17, 15) is 9.59 Å². The van der Waals surface area contributed by atoms with E-state index in [1.165, 1.54) is 0 Å². The second-order valence-electron chi connectivity index (χ2n) is 8.12. The summed E-state index contributed by atoms with van der Waals surface area (Å²) in [5.74, 6) is 0.563. The number of nitrogens with one attached hydrogen (secondary N) is 2. The normalized spacial score (nSPS) is 13.6. The monoisotopic (exact) mass is 454 g/mol. The molecule has 0 radical (unpaired) electrons. The molecule has 0 aromatic heterocycles. The number of hydrogen-bond acceptors (Lipinski definition) is 5. The van der Waals surface area contributed by atoms with Crippen molar-refractivity contribution in [2.75, 3.05) is 43.0 Å². The number of benzene rings is 2. The number of carbonyl (C=O) groups is 2. The summed E-state index contributed by atoms with van der Waals surface area (Å²) in [6.07, 6.45) is 0. The van der Waals surface area contributed by atoms with Crippen LogP contribution in [0, 0.1) is 12.8 Å². The second-order valence-corrected chi connectivity index (χ2v) is 8.53. The number of thiocarbonyl (C=S) groups is 1. The number of rotatable bonds is 6. The molecule has 2 amide bonds. The fraction of sp³-hybridized carbons (Fsp3) is 0.375. The van der Waals surface area contributed by atoms with Crippen LogP contribution in [-0.2, 0) is 9.59 Å². The van der Waals surface area contributed by atoms with E-state index in [4.69, 9.17) is 17.0 Å². The molecular weight excluding hydrogens is 424 g/mol. The van der Waals surface area contributed by atoms with Crippen molar-refractivity contribution in [1.29, 1.82) is 0 Å². The van der Waals surface area contributed by atoms with Crippen LogP contribution < -0.4 is 20.3 Å². The molecule has 2 aromatic rings. The maximum atomic E-state index is 12.1. The number of carbonyl (C=O) groups excluding carboxylic acids is 2. The minimum Gasteiger partial charge on any atom is -0.484 e. The van der Waals surface area contributed by atoms with Gasteiger partial charge in [0.15, 0.2) is 11.7 Å². The lowest BCUT2D eigenvalue weighted by molar-refractivity contribution is -0.134. The molecule has 1 aliphatic heterocycles. The third-order valence-corrected chi connectivity index (χ3v) is 5.39. The summed E-state index contributed by atoms with van der Waals surface area (Å²) in [5, 5.41) is 5.86. The minimum absolute atomic E-state index is 0.0327. The maximum Gasteiger partial charge on any atom is 0.264 e. The number of amides is 2. The van der Waals surface area contributed by atoms with Crippen molar-refractivity contribution in [3.05, 3.63) is 54.1 Å². The lowest BCUT2D eigenvalue weighted by Crippen LogP contribution is -2.49. The Hall–Kier alpha value is -3.13. The standard InChI is InChI=1S/C24H30N4O3S/c1-17(2)23(30)28-13-11-27(12-14-28)20-9-7-19(8-10-20)25-24(32)26-22(29)16-31-21-6-4-5-18(3)15-21/h4-10,15,17H,11-14,16H2,1-3H3,(H2,25,26,29,32). The Morgan fingerprint density at radius 2 is 1.75 bits per heavy atom. The summed E-state index contributed by atoms with van der Waals surface area (Å²) in [5.41, 5.74) is 2.94. The molecule has 7 nitrogen and oxygen atoms in total. The van der Waals surface area contributed by atoms with E-state index in [0.717, 1.165) is 43.1 Å². The van der Waals surface area contributed by atoms with Gasteiger partial charge in [0, 0.05) is 43.5 Å². The van der Waals surface area contributed by atoms with Crippen LogP contribution >= 0.6 is 12.2 Å². The van der Waals surface area contributed by atoms with Gasteiger partial charge in [-0.2, -0.15) is 0 Å². The summed E-state index contributed by atoms with van der Waals surface area (Å²) in [4.78, 5) is 28.4. The van der Waals surface area contributed by atoms with Crippen molar-refractivity contribution in [2.45, 2.75) is 20.8 Å². The highest BCUT2D eigenvalue weighted by atomic mass is 32.1. The van der Waals surface area contributed by atoms with Crippen LogP contribution in [0.2, 0.25) is 0 Å². The van der Waals surface area contributed by atoms with E-state index < -0.39 is 0 Å². The summed E-state index contributed by atoms with van der Waals surface area (Å²) in [6, 6.07) is 15.4. The second kappa shape index (κ2) is 10.9. The van der Waals surface area contributed by atoms with Gasteiger partial charge < -0.3 is 19.9 Å². The number of ether oxygens (including phenoxy) is 1. The third kappa shape index (κ3) is 6.68. The van der Waals surface area contributed by atoms with Crippen LogP contribution in [-0.4, -0.2) is 54.6 Å². The van der Waals surface area contributed by atoms with Gasteiger partial charge >= 0.3 is 0 Å². The van der Waals surface area contributed by atoms with Crippen LogP contribution in [0.4, 0.5) is 11.4 Å². The van der Waals surface area contributed by atoms with E-state index in [-0.39, 0.29) is 29.5 Å². The molecule has 1 fully saturated rings. The van der Waals surface area contributed by atoms with E-state index in [0.29, 0.717) is 5.75 Å². The maximum absolute atomic E-state index is 12.1. The first kappa shape index (κ1) is 23.5. The van der Waals surface area contributed by atoms with E-state index in [2.05, 4.69) is 15.5 Å². The van der Waals surface area contributed by atoms with Crippen molar-refractivity contribution in [1.82, 2.24) is 10.2 Å². The third-order valence-electron chi connectivity index (χ3n) is 5.19. The predicted molar refractivity (Wildman–Crippen MR) is 131 cm³/mol. The number of aryl methyl sites for hydroxylation is 1. The Morgan fingerprint density at radius 3 is 2.38 bits per heavy atom. The molecule has 32 heavy (non-hydrogen) atoms. The number of nitrogens with zero attached hydrogens (tertiary/aromatic N) is 2. The quantitative estimate of drug-likeness (QED) is 0.653. The first-order chi connectivity index (χ1) is 15.3. The molecule has 3 rings (SSSR count). The van der Waals surface area contributed by atoms with Crippen molar-refractivity contribution >= 4 is 40.5 Å². The fourth-order valence-corrected chi connectivity index (χ4v) is 3.72. The highest BCUT2D eigenvalue weighted by molar-refractivity contribution is 7.80. The molecule has 170 valence electrons. The number of hydrogen-bond donors (Lipinski definition) is 2. The zero-order valence-corrected chi connectivity index (χ0v) is 19.6. The first-order valence-electron chi connectivity index (χ1n) is 10.8. The smallest absolute Gasteiger partial charge is 0.264 e.